The van der Waals surface area contributed by atoms with Crippen LogP contribution in [0.3, 0.4) is 0 Å². The summed E-state index contributed by atoms with van der Waals surface area (Å²) in [6, 6.07) is 52.6. The number of carboxylic acid groups (broad SMARTS) is 4. The van der Waals surface area contributed by atoms with Crippen LogP contribution in [0.15, 0.2) is 200 Å². The Morgan fingerprint density at radius 3 is 1.39 bits per heavy atom. The molecule has 1 aliphatic rings. The molecular weight excluding hydrogens is 1060 g/mol. The molecule has 0 amide bonds. The second-order valence-corrected chi connectivity index (χ2v) is 19.2. The first kappa shape index (κ1) is 57.9. The van der Waals surface area contributed by atoms with Crippen LogP contribution in [0.4, 0.5) is 10.1 Å². The van der Waals surface area contributed by atoms with Gasteiger partial charge in [-0.3, -0.25) is 19.9 Å². The van der Waals surface area contributed by atoms with E-state index < -0.39 is 29.7 Å². The van der Waals surface area contributed by atoms with E-state index in [2.05, 4.69) is 68.5 Å². The fourth-order valence-corrected chi connectivity index (χ4v) is 8.76. The number of aromatic nitrogens is 3. The van der Waals surface area contributed by atoms with E-state index in [0.29, 0.717) is 11.1 Å². The van der Waals surface area contributed by atoms with Crippen molar-refractivity contribution < 1.29 is 44.0 Å². The molecule has 0 spiro atoms. The molecule has 14 heteroatoms. The van der Waals surface area contributed by atoms with Crippen LogP contribution in [-0.2, 0) is 0 Å². The average molecular weight is 1110 g/mol. The molecule has 4 heterocycles. The van der Waals surface area contributed by atoms with Gasteiger partial charge in [-0.25, -0.2) is 23.6 Å². The second-order valence-electron chi connectivity index (χ2n) is 18.2. The van der Waals surface area contributed by atoms with Crippen LogP contribution in [-0.4, -0.2) is 65.1 Å². The Hall–Kier alpha value is -11.3. The fraction of sp³-hybridized carbons (Fsp3) is 0.0580. The Balaban J connectivity index is 0.000000145. The summed E-state index contributed by atoms with van der Waals surface area (Å²) in [6.45, 7) is 5.75. The van der Waals surface area contributed by atoms with Crippen molar-refractivity contribution in [3.05, 3.63) is 278 Å². The summed E-state index contributed by atoms with van der Waals surface area (Å²) >= 11 is 1.75. The summed E-state index contributed by atoms with van der Waals surface area (Å²) in [5.41, 5.74) is 11.0. The molecule has 0 radical (unpaired) electrons. The van der Waals surface area contributed by atoms with E-state index >= 15 is 0 Å². The minimum absolute atomic E-state index is 0.00216. The number of para-hydroxylation sites is 3. The quantitative estimate of drug-likeness (QED) is 0.122. The Labute approximate surface area is 482 Å². The van der Waals surface area contributed by atoms with Gasteiger partial charge in [0.15, 0.2) is 0 Å². The minimum atomic E-state index is -1.12. The molecule has 1 aliphatic heterocycles. The summed E-state index contributed by atoms with van der Waals surface area (Å²) in [5, 5.41) is 37.9. The van der Waals surface area contributed by atoms with Gasteiger partial charge in [0, 0.05) is 79.9 Å². The largest absolute Gasteiger partial charge is 0.478 e. The number of anilines is 1. The monoisotopic (exact) mass is 1110 g/mol. The molecule has 0 atom stereocenters. The predicted molar refractivity (Wildman–Crippen MR) is 320 cm³/mol. The molecule has 404 valence electrons. The summed E-state index contributed by atoms with van der Waals surface area (Å²) in [6.07, 6.45) is 6.69. The number of halogens is 1. The highest BCUT2D eigenvalue weighted by molar-refractivity contribution is 7.99. The van der Waals surface area contributed by atoms with Crippen LogP contribution in [0, 0.1) is 74.1 Å². The maximum absolute atomic E-state index is 13.7. The molecule has 0 aliphatic carbocycles. The molecule has 83 heavy (non-hydrogen) atoms. The van der Waals surface area contributed by atoms with Crippen molar-refractivity contribution in [3.63, 3.8) is 0 Å². The molecule has 7 aromatic carbocycles. The molecule has 12 nitrogen and oxygen atoms in total. The van der Waals surface area contributed by atoms with Crippen LogP contribution in [0.5, 0.6) is 0 Å². The average Bonchev–Trinajstić information content (AvgIpc) is 3.96. The summed E-state index contributed by atoms with van der Waals surface area (Å²) in [7, 11) is 0. The van der Waals surface area contributed by atoms with E-state index in [1.54, 1.807) is 91.1 Å². The van der Waals surface area contributed by atoms with Crippen molar-refractivity contribution in [3.8, 4) is 47.5 Å². The van der Waals surface area contributed by atoms with Gasteiger partial charge in [-0.15, -0.1) is 11.8 Å². The van der Waals surface area contributed by atoms with E-state index in [1.807, 2.05) is 117 Å². The predicted octanol–water partition coefficient (Wildman–Crippen LogP) is 13.2. The van der Waals surface area contributed by atoms with Gasteiger partial charge in [-0.05, 0) is 147 Å². The summed E-state index contributed by atoms with van der Waals surface area (Å²) in [4.78, 5) is 59.7. The zero-order valence-corrected chi connectivity index (χ0v) is 45.5. The third-order valence-corrected chi connectivity index (χ3v) is 13.4. The molecule has 0 saturated heterocycles. The molecule has 10 aromatic rings. The van der Waals surface area contributed by atoms with Gasteiger partial charge in [0.25, 0.3) is 0 Å². The van der Waals surface area contributed by atoms with E-state index in [-0.39, 0.29) is 27.8 Å². The zero-order valence-electron chi connectivity index (χ0n) is 44.7. The lowest BCUT2D eigenvalue weighted by Gasteiger charge is -2.08. The minimum Gasteiger partial charge on any atom is -0.478 e. The first-order valence-corrected chi connectivity index (χ1v) is 26.3. The van der Waals surface area contributed by atoms with Crippen molar-refractivity contribution >= 4 is 63.1 Å². The number of nitrogens with zero attached hydrogens (tertiary/aromatic N) is 4. The van der Waals surface area contributed by atoms with Crippen LogP contribution < -0.4 is 4.90 Å². The molecule has 0 bridgehead atoms. The van der Waals surface area contributed by atoms with Crippen molar-refractivity contribution in [1.29, 1.82) is 0 Å². The van der Waals surface area contributed by atoms with E-state index in [9.17, 15) is 23.6 Å². The maximum atomic E-state index is 13.7. The van der Waals surface area contributed by atoms with Crippen LogP contribution in [0.1, 0.15) is 97.1 Å². The van der Waals surface area contributed by atoms with Gasteiger partial charge in [0.1, 0.15) is 5.82 Å². The Kier molecular flexibility index (Phi) is 19.2. The first-order valence-electron chi connectivity index (χ1n) is 25.3. The van der Waals surface area contributed by atoms with E-state index in [4.69, 9.17) is 20.4 Å². The van der Waals surface area contributed by atoms with E-state index in [1.165, 1.54) is 17.0 Å². The third-order valence-electron chi connectivity index (χ3n) is 12.4. The van der Waals surface area contributed by atoms with Gasteiger partial charge in [-0.2, -0.15) is 0 Å². The highest BCUT2D eigenvalue weighted by Gasteiger charge is 2.17. The second kappa shape index (κ2) is 27.5. The zero-order chi connectivity index (χ0) is 58.8. The molecule has 0 fully saturated rings. The SMILES string of the molecule is Cc1ccc(C(=O)O)cc1C#CN1CSc2ccccc21.Cc1ccc(C(=O)O)cc1C#Cc1cccnc1.Cc1ccc(C(=O)O)cc1C#Cc1cnc2ccccc2c1.O=C(O)c1ccc(F)c(C#Cc2cnc3ccccc3c2)c1. The molecular formula is C69H47FN4O8S. The van der Waals surface area contributed by atoms with Crippen LogP contribution >= 0.6 is 11.8 Å². The fourth-order valence-electron chi connectivity index (χ4n) is 7.78. The van der Waals surface area contributed by atoms with E-state index in [0.717, 1.165) is 78.4 Å². The number of rotatable bonds is 4. The van der Waals surface area contributed by atoms with Crippen molar-refractivity contribution in [2.75, 3.05) is 10.8 Å². The summed E-state index contributed by atoms with van der Waals surface area (Å²) in [5.74, 6) is 16.9. The van der Waals surface area contributed by atoms with Crippen molar-refractivity contribution in [2.45, 2.75) is 25.7 Å². The lowest BCUT2D eigenvalue weighted by Crippen LogP contribution is -2.10. The van der Waals surface area contributed by atoms with Gasteiger partial charge < -0.3 is 20.4 Å². The molecule has 0 unspecified atom stereocenters. The highest BCUT2D eigenvalue weighted by Crippen LogP contribution is 2.37. The number of carbonyl (C=O) groups is 4. The topological polar surface area (TPSA) is 191 Å². The Bertz CT molecular complexity index is 4250. The lowest BCUT2D eigenvalue weighted by molar-refractivity contribution is 0.0686. The summed E-state index contributed by atoms with van der Waals surface area (Å²) < 4.78 is 13.7. The number of aromatic carboxylic acids is 4. The normalized spacial score (nSPS) is 10.5. The first-order chi connectivity index (χ1) is 40.1. The van der Waals surface area contributed by atoms with Gasteiger partial charge in [-0.1, -0.05) is 102 Å². The maximum Gasteiger partial charge on any atom is 0.335 e. The molecule has 3 aromatic heterocycles. The molecule has 0 saturated carbocycles. The number of hydrogen-bond donors (Lipinski definition) is 4. The molecule has 11 rings (SSSR count). The number of benzene rings is 7. The van der Waals surface area contributed by atoms with Crippen molar-refractivity contribution in [2.24, 2.45) is 0 Å². The number of fused-ring (bicyclic) bond motifs is 3. The third kappa shape index (κ3) is 15.9. The Morgan fingerprint density at radius 1 is 0.458 bits per heavy atom. The standard InChI is InChI=1S/C19H13NO2.C18H10FNO2.C17H13NO2S.C15H11NO2/c1-13-6-8-17(19(21)22)11-15(13)9-7-14-10-16-4-2-3-5-18(16)20-12-14;19-16-8-7-15(18(21)22)10-13(16)6-5-12-9-14-3-1-2-4-17(14)20-11-12;1-12-6-7-14(17(19)20)10-13(12)8-9-18-11-21-16-5-3-2-4-15(16)18;1-11-4-6-14(15(17)18)9-13(11)7-5-12-3-2-8-16-10-12/h2-6,8,10-12H,1H3,(H,21,22);1-4,7-11H,(H,21,22);2-7,10H,11H2,1H3,(H,19,20);2-4,6,8-10H,1H3,(H,17,18). The molecule has 4 N–H and O–H groups in total. The Morgan fingerprint density at radius 2 is 0.892 bits per heavy atom. The number of hydrogen-bond acceptors (Lipinski definition) is 9. The highest BCUT2D eigenvalue weighted by atomic mass is 32.2. The van der Waals surface area contributed by atoms with Gasteiger partial charge in [0.05, 0.1) is 50.4 Å². The number of thioether (sulfide) groups is 1. The van der Waals surface area contributed by atoms with Crippen LogP contribution in [0.2, 0.25) is 0 Å². The van der Waals surface area contributed by atoms with Crippen molar-refractivity contribution in [1.82, 2.24) is 15.0 Å². The van der Waals surface area contributed by atoms with Gasteiger partial charge in [0.2, 0.25) is 0 Å². The van der Waals surface area contributed by atoms with Crippen LogP contribution in [0.25, 0.3) is 21.8 Å². The lowest BCUT2D eigenvalue weighted by atomic mass is 10.0. The smallest absolute Gasteiger partial charge is 0.335 e. The number of aryl methyl sites for hydroxylation is 3. The van der Waals surface area contributed by atoms with Gasteiger partial charge >= 0.3 is 23.9 Å². The number of carboxylic acids is 4. The number of pyridine rings is 3.